The zero-order chi connectivity index (χ0) is 17.3. The molecule has 2 aliphatic heterocycles. The van der Waals surface area contributed by atoms with Crippen LogP contribution in [0.2, 0.25) is 0 Å². The normalized spacial score (nSPS) is 27.1. The Labute approximate surface area is 151 Å². The third-order valence-electron chi connectivity index (χ3n) is 6.44. The van der Waals surface area contributed by atoms with Crippen LogP contribution in [0.15, 0.2) is 79.1 Å². The van der Waals surface area contributed by atoms with E-state index in [2.05, 4.69) is 47.2 Å². The van der Waals surface area contributed by atoms with E-state index in [1.165, 1.54) is 11.1 Å². The van der Waals surface area contributed by atoms with Crippen molar-refractivity contribution in [2.24, 2.45) is 11.8 Å². The number of nitrogens with zero attached hydrogens (tertiary/aromatic N) is 2. The molecule has 3 heteroatoms. The minimum atomic E-state index is 0.282. The third-order valence-corrected chi connectivity index (χ3v) is 6.44. The highest BCUT2D eigenvalue weighted by molar-refractivity contribution is 5.56. The van der Waals surface area contributed by atoms with Crippen LogP contribution in [0.3, 0.4) is 0 Å². The zero-order valence-corrected chi connectivity index (χ0v) is 14.3. The molecule has 4 atom stereocenters. The summed E-state index contributed by atoms with van der Waals surface area (Å²) in [6.45, 7) is 0. The second-order valence-electron chi connectivity index (χ2n) is 7.62. The zero-order valence-electron chi connectivity index (χ0n) is 14.3. The molecule has 0 N–H and O–H groups in total. The van der Waals surface area contributed by atoms with Crippen LogP contribution >= 0.6 is 0 Å². The summed E-state index contributed by atoms with van der Waals surface area (Å²) in [6, 6.07) is 19.1. The Morgan fingerprint density at radius 1 is 0.962 bits per heavy atom. The van der Waals surface area contributed by atoms with Crippen molar-refractivity contribution in [2.75, 3.05) is 0 Å². The predicted molar refractivity (Wildman–Crippen MR) is 100 cm³/mol. The summed E-state index contributed by atoms with van der Waals surface area (Å²) < 4.78 is 3.44. The van der Waals surface area contributed by atoms with Crippen molar-refractivity contribution in [3.8, 4) is 11.3 Å². The largest absolute Gasteiger partial charge is 0.332 e. The lowest BCUT2D eigenvalue weighted by Crippen LogP contribution is -2.43. The first-order chi connectivity index (χ1) is 12.8. The summed E-state index contributed by atoms with van der Waals surface area (Å²) in [5.41, 5.74) is 5.67. The van der Waals surface area contributed by atoms with Crippen LogP contribution in [-0.2, 0) is 0 Å². The second kappa shape index (κ2) is 5.04. The van der Waals surface area contributed by atoms with Crippen molar-refractivity contribution in [3.63, 3.8) is 0 Å². The summed E-state index contributed by atoms with van der Waals surface area (Å²) in [5, 5.41) is 0. The summed E-state index contributed by atoms with van der Waals surface area (Å²) >= 11 is 0. The molecule has 2 bridgehead atoms. The van der Waals surface area contributed by atoms with Crippen LogP contribution in [0.1, 0.15) is 35.2 Å². The fourth-order valence-electron chi connectivity index (χ4n) is 5.42. The van der Waals surface area contributed by atoms with Gasteiger partial charge in [0.05, 0.1) is 27.9 Å². The molecule has 3 aromatic rings. The maximum atomic E-state index is 12.9. The molecule has 0 radical (unpaired) electrons. The predicted octanol–water partition coefficient (Wildman–Crippen LogP) is 4.31. The molecule has 0 amide bonds. The Morgan fingerprint density at radius 2 is 1.73 bits per heavy atom. The first-order valence-electron chi connectivity index (χ1n) is 9.32. The minimum absolute atomic E-state index is 0.282. The molecule has 0 fully saturated rings. The number of aromatic nitrogens is 2. The van der Waals surface area contributed by atoms with E-state index in [-0.39, 0.29) is 5.92 Å². The van der Waals surface area contributed by atoms with Gasteiger partial charge in [0, 0.05) is 10.8 Å². The molecule has 2 aromatic carbocycles. The van der Waals surface area contributed by atoms with Crippen molar-refractivity contribution in [1.82, 2.24) is 4.57 Å². The lowest BCUT2D eigenvalue weighted by atomic mass is 9.63. The molecule has 0 saturated heterocycles. The van der Waals surface area contributed by atoms with Gasteiger partial charge in [-0.3, -0.25) is 0 Å². The van der Waals surface area contributed by atoms with Gasteiger partial charge in [-0.2, -0.15) is 0 Å². The van der Waals surface area contributed by atoms with Gasteiger partial charge in [-0.1, -0.05) is 54.6 Å². The van der Waals surface area contributed by atoms with E-state index in [9.17, 15) is 4.91 Å². The highest BCUT2D eigenvalue weighted by atomic mass is 16.3. The SMILES string of the molecule is O=[n+]1cc2n(cc1-c1ccccc1)C1c3ccccc3C2C2C=CCC21. The molecule has 4 unspecified atom stereocenters. The molecule has 3 heterocycles. The van der Waals surface area contributed by atoms with Crippen LogP contribution in [0.25, 0.3) is 11.3 Å². The maximum absolute atomic E-state index is 12.9. The lowest BCUT2D eigenvalue weighted by Gasteiger charge is -2.48. The monoisotopic (exact) mass is 339 g/mol. The van der Waals surface area contributed by atoms with Crippen molar-refractivity contribution in [1.29, 1.82) is 0 Å². The van der Waals surface area contributed by atoms with Gasteiger partial charge in [0.1, 0.15) is 0 Å². The summed E-state index contributed by atoms with van der Waals surface area (Å²) in [7, 11) is 0. The topological polar surface area (TPSA) is 27.9 Å². The number of rotatable bonds is 1. The number of hydrogen-bond acceptors (Lipinski definition) is 1. The van der Waals surface area contributed by atoms with E-state index in [0.29, 0.717) is 17.9 Å². The van der Waals surface area contributed by atoms with E-state index >= 15 is 0 Å². The molecule has 4 aliphatic rings. The van der Waals surface area contributed by atoms with Crippen molar-refractivity contribution >= 4 is 0 Å². The Bertz CT molecular complexity index is 1110. The molecular weight excluding hydrogens is 320 g/mol. The highest BCUT2D eigenvalue weighted by Gasteiger charge is 2.51. The number of benzene rings is 2. The molecule has 0 spiro atoms. The van der Waals surface area contributed by atoms with Crippen LogP contribution in [0, 0.1) is 16.7 Å². The molecule has 2 aliphatic carbocycles. The first kappa shape index (κ1) is 14.3. The average molecular weight is 339 g/mol. The van der Waals surface area contributed by atoms with Crippen LogP contribution in [-0.4, -0.2) is 4.57 Å². The van der Waals surface area contributed by atoms with Gasteiger partial charge in [-0.05, 0) is 41.5 Å². The highest BCUT2D eigenvalue weighted by Crippen LogP contribution is 2.58. The fourth-order valence-corrected chi connectivity index (χ4v) is 5.42. The Balaban J connectivity index is 1.63. The van der Waals surface area contributed by atoms with Crippen molar-refractivity contribution < 1.29 is 4.43 Å². The molecule has 7 rings (SSSR count). The lowest BCUT2D eigenvalue weighted by molar-refractivity contribution is -0.484. The fraction of sp³-hybridized carbons (Fsp3) is 0.217. The standard InChI is InChI=1S/C23H19N2O/c26-25-14-21-22-16-9-4-5-10-18(16)23(19-12-6-11-17(19)22)24(21)13-20(25)15-7-2-1-3-8-15/h1-11,13-14,17,19,22-23H,12H2/q+1. The van der Waals surface area contributed by atoms with E-state index in [1.807, 2.05) is 36.5 Å². The van der Waals surface area contributed by atoms with Gasteiger partial charge >= 0.3 is 0 Å². The first-order valence-corrected chi connectivity index (χ1v) is 9.32. The Morgan fingerprint density at radius 3 is 2.58 bits per heavy atom. The molecule has 126 valence electrons. The number of allylic oxidation sites excluding steroid dienone is 2. The van der Waals surface area contributed by atoms with E-state index in [0.717, 1.165) is 27.8 Å². The van der Waals surface area contributed by atoms with Gasteiger partial charge in [-0.25, -0.2) is 0 Å². The summed E-state index contributed by atoms with van der Waals surface area (Å²) in [4.78, 5) is 12.9. The maximum Gasteiger partial charge on any atom is 0.286 e. The van der Waals surface area contributed by atoms with Gasteiger partial charge < -0.3 is 4.57 Å². The van der Waals surface area contributed by atoms with Crippen LogP contribution in [0.5, 0.6) is 0 Å². The molecule has 3 nitrogen and oxygen atoms in total. The molecular formula is C23H19N2O+. The number of hydrogen-bond donors (Lipinski definition) is 0. The summed E-state index contributed by atoms with van der Waals surface area (Å²) in [6.07, 6.45) is 9.73. The summed E-state index contributed by atoms with van der Waals surface area (Å²) in [5.74, 6) is 1.39. The van der Waals surface area contributed by atoms with Crippen molar-refractivity contribution in [3.05, 3.63) is 101 Å². The van der Waals surface area contributed by atoms with Crippen molar-refractivity contribution in [2.45, 2.75) is 18.4 Å². The Hall–Kier alpha value is -2.94. The molecule has 0 saturated carbocycles. The van der Waals surface area contributed by atoms with E-state index in [1.54, 1.807) is 0 Å². The van der Waals surface area contributed by atoms with Crippen LogP contribution in [0.4, 0.5) is 0 Å². The van der Waals surface area contributed by atoms with Crippen LogP contribution < -0.4 is 4.43 Å². The third kappa shape index (κ3) is 1.73. The average Bonchev–Trinajstić information content (AvgIpc) is 3.18. The van der Waals surface area contributed by atoms with E-state index in [4.69, 9.17) is 0 Å². The van der Waals surface area contributed by atoms with Gasteiger partial charge in [0.15, 0.2) is 0 Å². The quantitative estimate of drug-likeness (QED) is 0.479. The van der Waals surface area contributed by atoms with Gasteiger partial charge in [0.25, 0.3) is 5.69 Å². The smallest absolute Gasteiger partial charge is 0.286 e. The molecule has 1 aromatic heterocycles. The Kier molecular flexibility index (Phi) is 2.76. The van der Waals surface area contributed by atoms with Gasteiger partial charge in [-0.15, -0.1) is 0 Å². The van der Waals surface area contributed by atoms with E-state index < -0.39 is 0 Å². The second-order valence-corrected chi connectivity index (χ2v) is 7.62. The minimum Gasteiger partial charge on any atom is -0.332 e. The molecule has 26 heavy (non-hydrogen) atoms. The van der Waals surface area contributed by atoms with Gasteiger partial charge in [0.2, 0.25) is 6.20 Å².